The van der Waals surface area contributed by atoms with Crippen LogP contribution in [0.5, 0.6) is 0 Å². The molecule has 1 aliphatic rings. The van der Waals surface area contributed by atoms with Crippen molar-refractivity contribution in [2.24, 2.45) is 5.92 Å². The zero-order valence-corrected chi connectivity index (χ0v) is 12.0. The zero-order chi connectivity index (χ0) is 13.0. The summed E-state index contributed by atoms with van der Waals surface area (Å²) in [6, 6.07) is 7.97. The van der Waals surface area contributed by atoms with Crippen LogP contribution in [-0.4, -0.2) is 29.6 Å². The summed E-state index contributed by atoms with van der Waals surface area (Å²) in [6.07, 6.45) is 2.38. The van der Waals surface area contributed by atoms with Gasteiger partial charge in [-0.05, 0) is 36.6 Å². The Kier molecular flexibility index (Phi) is 4.70. The van der Waals surface area contributed by atoms with E-state index >= 15 is 0 Å². The Morgan fingerprint density at radius 2 is 2.22 bits per heavy atom. The first-order valence-electron chi connectivity index (χ1n) is 6.73. The number of rotatable bonds is 3. The third-order valence-electron chi connectivity index (χ3n) is 3.36. The van der Waals surface area contributed by atoms with Crippen LogP contribution in [-0.2, 0) is 0 Å². The molecule has 0 spiro atoms. The maximum absolute atomic E-state index is 12.6. The lowest BCUT2D eigenvalue weighted by molar-refractivity contribution is 0.0679. The minimum absolute atomic E-state index is 0.207. The second kappa shape index (κ2) is 6.28. The first-order valence-corrected chi connectivity index (χ1v) is 7.72. The summed E-state index contributed by atoms with van der Waals surface area (Å²) in [4.78, 5) is 15.7. The number of hydrogen-bond donors (Lipinski definition) is 0. The number of carbonyl (C=O) groups excluding carboxylic acids is 1. The number of likely N-dealkylation sites (tertiary alicyclic amines) is 1. The number of nitrogens with zero attached hydrogens (tertiary/aromatic N) is 1. The van der Waals surface area contributed by atoms with Gasteiger partial charge in [0.15, 0.2) is 0 Å². The monoisotopic (exact) mass is 263 g/mol. The van der Waals surface area contributed by atoms with Crippen LogP contribution in [0, 0.1) is 5.92 Å². The smallest absolute Gasteiger partial charge is 0.254 e. The Morgan fingerprint density at radius 3 is 2.94 bits per heavy atom. The molecular weight excluding hydrogens is 242 g/mol. The van der Waals surface area contributed by atoms with Gasteiger partial charge >= 0.3 is 0 Å². The van der Waals surface area contributed by atoms with Crippen molar-refractivity contribution in [3.05, 3.63) is 29.8 Å². The quantitative estimate of drug-likeness (QED) is 0.776. The van der Waals surface area contributed by atoms with E-state index in [1.54, 1.807) is 11.8 Å². The topological polar surface area (TPSA) is 20.3 Å². The number of carbonyl (C=O) groups is 1. The molecule has 0 N–H and O–H groups in total. The fraction of sp³-hybridized carbons (Fsp3) is 0.533. The van der Waals surface area contributed by atoms with Crippen LogP contribution in [0.2, 0.25) is 0 Å². The molecule has 1 aromatic carbocycles. The molecule has 18 heavy (non-hydrogen) atoms. The second-order valence-electron chi connectivity index (χ2n) is 4.93. The van der Waals surface area contributed by atoms with Crippen molar-refractivity contribution in [3.63, 3.8) is 0 Å². The standard InChI is InChI=1S/C15H21NOS/c1-3-18-14-9-5-4-8-13(14)15(17)16-10-6-7-12(2)11-16/h4-5,8-9,12H,3,6-7,10-11H2,1-2H3. The summed E-state index contributed by atoms with van der Waals surface area (Å²) < 4.78 is 0. The third kappa shape index (κ3) is 3.08. The van der Waals surface area contributed by atoms with Crippen LogP contribution in [0.4, 0.5) is 0 Å². The molecule has 1 saturated heterocycles. The maximum atomic E-state index is 12.6. The lowest BCUT2D eigenvalue weighted by Crippen LogP contribution is -2.39. The van der Waals surface area contributed by atoms with Crippen LogP contribution in [0.3, 0.4) is 0 Å². The van der Waals surface area contributed by atoms with Gasteiger partial charge in [-0.15, -0.1) is 11.8 Å². The van der Waals surface area contributed by atoms with E-state index in [-0.39, 0.29) is 5.91 Å². The van der Waals surface area contributed by atoms with E-state index in [2.05, 4.69) is 19.9 Å². The van der Waals surface area contributed by atoms with Gasteiger partial charge in [-0.3, -0.25) is 4.79 Å². The molecule has 1 unspecified atom stereocenters. The number of piperidine rings is 1. The minimum Gasteiger partial charge on any atom is -0.338 e. The van der Waals surface area contributed by atoms with Crippen molar-refractivity contribution < 1.29 is 4.79 Å². The molecule has 1 amide bonds. The molecule has 1 fully saturated rings. The second-order valence-corrected chi connectivity index (χ2v) is 6.23. The average Bonchev–Trinajstić information content (AvgIpc) is 2.39. The summed E-state index contributed by atoms with van der Waals surface area (Å²) in [5.74, 6) is 1.84. The van der Waals surface area contributed by atoms with Crippen LogP contribution in [0.15, 0.2) is 29.2 Å². The predicted molar refractivity (Wildman–Crippen MR) is 77.1 cm³/mol. The van der Waals surface area contributed by atoms with Crippen molar-refractivity contribution in [2.75, 3.05) is 18.8 Å². The van der Waals surface area contributed by atoms with Crippen molar-refractivity contribution >= 4 is 17.7 Å². The Hall–Kier alpha value is -0.960. The Labute approximate surface area is 114 Å². The van der Waals surface area contributed by atoms with E-state index in [1.807, 2.05) is 23.1 Å². The van der Waals surface area contributed by atoms with Crippen LogP contribution < -0.4 is 0 Å². The molecule has 2 nitrogen and oxygen atoms in total. The normalized spacial score (nSPS) is 19.9. The van der Waals surface area contributed by atoms with Gasteiger partial charge in [-0.25, -0.2) is 0 Å². The van der Waals surface area contributed by atoms with Crippen LogP contribution >= 0.6 is 11.8 Å². The van der Waals surface area contributed by atoms with E-state index in [0.717, 1.165) is 35.7 Å². The summed E-state index contributed by atoms with van der Waals surface area (Å²) in [7, 11) is 0. The van der Waals surface area contributed by atoms with Crippen molar-refractivity contribution in [2.45, 2.75) is 31.6 Å². The summed E-state index contributed by atoms with van der Waals surface area (Å²) in [5.41, 5.74) is 0.874. The number of benzene rings is 1. The molecular formula is C15H21NOS. The largest absolute Gasteiger partial charge is 0.338 e. The van der Waals surface area contributed by atoms with Gasteiger partial charge in [0, 0.05) is 18.0 Å². The van der Waals surface area contributed by atoms with E-state index in [1.165, 1.54) is 6.42 Å². The molecule has 0 aliphatic carbocycles. The molecule has 1 aliphatic heterocycles. The highest BCUT2D eigenvalue weighted by Crippen LogP contribution is 2.25. The van der Waals surface area contributed by atoms with Gasteiger partial charge in [0.05, 0.1) is 5.56 Å². The van der Waals surface area contributed by atoms with E-state index in [4.69, 9.17) is 0 Å². The predicted octanol–water partition coefficient (Wildman–Crippen LogP) is 3.67. The molecule has 2 rings (SSSR count). The molecule has 0 aromatic heterocycles. The lowest BCUT2D eigenvalue weighted by Gasteiger charge is -2.31. The van der Waals surface area contributed by atoms with Gasteiger partial charge < -0.3 is 4.90 Å². The molecule has 1 heterocycles. The molecule has 0 saturated carbocycles. The first kappa shape index (κ1) is 13.5. The Morgan fingerprint density at radius 1 is 1.44 bits per heavy atom. The average molecular weight is 263 g/mol. The third-order valence-corrected chi connectivity index (χ3v) is 4.32. The molecule has 1 aromatic rings. The summed E-state index contributed by atoms with van der Waals surface area (Å²) >= 11 is 1.75. The highest BCUT2D eigenvalue weighted by molar-refractivity contribution is 7.99. The van der Waals surface area contributed by atoms with E-state index in [0.29, 0.717) is 5.92 Å². The van der Waals surface area contributed by atoms with E-state index in [9.17, 15) is 4.79 Å². The molecule has 98 valence electrons. The van der Waals surface area contributed by atoms with Crippen molar-refractivity contribution in [3.8, 4) is 0 Å². The molecule has 0 radical (unpaired) electrons. The van der Waals surface area contributed by atoms with Gasteiger partial charge in [0.2, 0.25) is 0 Å². The Balaban J connectivity index is 2.17. The lowest BCUT2D eigenvalue weighted by atomic mass is 9.99. The van der Waals surface area contributed by atoms with Crippen molar-refractivity contribution in [1.29, 1.82) is 0 Å². The highest BCUT2D eigenvalue weighted by atomic mass is 32.2. The summed E-state index contributed by atoms with van der Waals surface area (Å²) in [6.45, 7) is 6.17. The SMILES string of the molecule is CCSc1ccccc1C(=O)N1CCCC(C)C1. The van der Waals surface area contributed by atoms with Crippen LogP contribution in [0.1, 0.15) is 37.0 Å². The summed E-state index contributed by atoms with van der Waals surface area (Å²) in [5, 5.41) is 0. The van der Waals surface area contributed by atoms with E-state index < -0.39 is 0 Å². The number of thioether (sulfide) groups is 1. The number of amides is 1. The minimum atomic E-state index is 0.207. The molecule has 1 atom stereocenters. The zero-order valence-electron chi connectivity index (χ0n) is 11.2. The fourth-order valence-corrected chi connectivity index (χ4v) is 3.27. The van der Waals surface area contributed by atoms with Crippen LogP contribution in [0.25, 0.3) is 0 Å². The fourth-order valence-electron chi connectivity index (χ4n) is 2.47. The maximum Gasteiger partial charge on any atom is 0.254 e. The Bertz CT molecular complexity index is 419. The number of hydrogen-bond acceptors (Lipinski definition) is 2. The van der Waals surface area contributed by atoms with Gasteiger partial charge in [-0.1, -0.05) is 26.0 Å². The van der Waals surface area contributed by atoms with Crippen molar-refractivity contribution in [1.82, 2.24) is 4.90 Å². The van der Waals surface area contributed by atoms with Gasteiger partial charge in [0.1, 0.15) is 0 Å². The first-order chi connectivity index (χ1) is 8.72. The molecule has 0 bridgehead atoms. The molecule has 3 heteroatoms. The highest BCUT2D eigenvalue weighted by Gasteiger charge is 2.23. The van der Waals surface area contributed by atoms with Gasteiger partial charge in [0.25, 0.3) is 5.91 Å². The van der Waals surface area contributed by atoms with Gasteiger partial charge in [-0.2, -0.15) is 0 Å².